The molecule has 2 aliphatic rings. The molecule has 0 aromatic heterocycles. The quantitative estimate of drug-likeness (QED) is 0.400. The maximum absolute atomic E-state index is 13.1. The van der Waals surface area contributed by atoms with Crippen LogP contribution in [0.5, 0.6) is 0 Å². The Labute approximate surface area is 171 Å². The summed E-state index contributed by atoms with van der Waals surface area (Å²) in [6, 6.07) is -0.175. The van der Waals surface area contributed by atoms with Crippen molar-refractivity contribution in [2.75, 3.05) is 19.8 Å². The van der Waals surface area contributed by atoms with E-state index in [2.05, 4.69) is 37.1 Å². The molecule has 2 unspecified atom stereocenters. The van der Waals surface area contributed by atoms with Crippen LogP contribution in [0, 0.1) is 11.3 Å². The lowest BCUT2D eigenvalue weighted by molar-refractivity contribution is -0.138. The monoisotopic (exact) mass is 398 g/mol. The van der Waals surface area contributed by atoms with Gasteiger partial charge in [-0.2, -0.15) is 0 Å². The molecule has 1 fully saturated rings. The van der Waals surface area contributed by atoms with Crippen LogP contribution in [0.25, 0.3) is 0 Å². The molecule has 156 valence electrons. The number of ether oxygens (including phenoxy) is 1. The van der Waals surface area contributed by atoms with E-state index in [4.69, 9.17) is 16.3 Å². The molecule has 1 N–H and O–H groups in total. The molecule has 4 nitrogen and oxygen atoms in total. The summed E-state index contributed by atoms with van der Waals surface area (Å²) in [7, 11) is 0. The highest BCUT2D eigenvalue weighted by molar-refractivity contribution is 6.20. The molecule has 0 radical (unpaired) electrons. The zero-order chi connectivity index (χ0) is 20.2. The van der Waals surface area contributed by atoms with Gasteiger partial charge in [-0.25, -0.2) is 0 Å². The molecule has 5 heteroatoms. The number of nitrogens with zero attached hydrogens (tertiary/aromatic N) is 1. The molecule has 2 rings (SSSR count). The highest BCUT2D eigenvalue weighted by Crippen LogP contribution is 2.43. The second-order valence-corrected chi connectivity index (χ2v) is 10.4. The van der Waals surface area contributed by atoms with Crippen LogP contribution in [0.2, 0.25) is 0 Å². The van der Waals surface area contributed by atoms with E-state index >= 15 is 0 Å². The van der Waals surface area contributed by atoms with Crippen LogP contribution < -0.4 is 5.32 Å². The van der Waals surface area contributed by atoms with Crippen molar-refractivity contribution in [3.8, 4) is 0 Å². The second kappa shape index (κ2) is 9.28. The molecule has 1 saturated heterocycles. The normalized spacial score (nSPS) is 27.2. The van der Waals surface area contributed by atoms with Crippen molar-refractivity contribution in [1.82, 2.24) is 10.2 Å². The molecule has 1 aliphatic carbocycles. The zero-order valence-electron chi connectivity index (χ0n) is 18.1. The van der Waals surface area contributed by atoms with E-state index < -0.39 is 0 Å². The fraction of sp³-hybridized carbons (Fsp3) is 0.864. The second-order valence-electron chi connectivity index (χ2n) is 9.81. The van der Waals surface area contributed by atoms with Crippen molar-refractivity contribution in [1.29, 1.82) is 0 Å². The Morgan fingerprint density at radius 1 is 1.41 bits per heavy atom. The SMILES string of the molecule is CC[C@@H](NCOC(C)(C)C)C(=O)N1CCC(C2=CCC(Cl)CC2)C(C)(C)C1. The van der Waals surface area contributed by atoms with Crippen LogP contribution in [0.15, 0.2) is 11.6 Å². The lowest BCUT2D eigenvalue weighted by Gasteiger charge is -2.47. The van der Waals surface area contributed by atoms with Gasteiger partial charge in [0.2, 0.25) is 5.91 Å². The summed E-state index contributed by atoms with van der Waals surface area (Å²) >= 11 is 6.26. The van der Waals surface area contributed by atoms with Gasteiger partial charge in [0.1, 0.15) is 0 Å². The van der Waals surface area contributed by atoms with Gasteiger partial charge in [0.15, 0.2) is 0 Å². The average Bonchev–Trinajstić information content (AvgIpc) is 2.57. The number of halogens is 1. The number of piperidine rings is 1. The van der Waals surface area contributed by atoms with Crippen LogP contribution in [-0.4, -0.2) is 47.6 Å². The number of likely N-dealkylation sites (tertiary alicyclic amines) is 1. The van der Waals surface area contributed by atoms with Gasteiger partial charge in [0.05, 0.1) is 18.4 Å². The molecular formula is C22H39ClN2O2. The van der Waals surface area contributed by atoms with Crippen molar-refractivity contribution in [2.45, 2.75) is 90.7 Å². The minimum atomic E-state index is -0.204. The van der Waals surface area contributed by atoms with E-state index in [-0.39, 0.29) is 23.0 Å². The van der Waals surface area contributed by atoms with Gasteiger partial charge in [0.25, 0.3) is 0 Å². The third kappa shape index (κ3) is 6.47. The van der Waals surface area contributed by atoms with Crippen molar-refractivity contribution in [3.05, 3.63) is 11.6 Å². The Morgan fingerprint density at radius 2 is 2.11 bits per heavy atom. The Kier molecular flexibility index (Phi) is 7.80. The summed E-state index contributed by atoms with van der Waals surface area (Å²) in [6.45, 7) is 14.8. The Morgan fingerprint density at radius 3 is 2.63 bits per heavy atom. The van der Waals surface area contributed by atoms with E-state index in [1.165, 1.54) is 0 Å². The van der Waals surface area contributed by atoms with Crippen molar-refractivity contribution in [3.63, 3.8) is 0 Å². The lowest BCUT2D eigenvalue weighted by Crippen LogP contribution is -2.54. The minimum absolute atomic E-state index is 0.0963. The molecule has 1 aliphatic heterocycles. The number of hydrogen-bond acceptors (Lipinski definition) is 3. The van der Waals surface area contributed by atoms with Gasteiger partial charge in [-0.1, -0.05) is 32.4 Å². The molecule has 27 heavy (non-hydrogen) atoms. The van der Waals surface area contributed by atoms with Gasteiger partial charge in [-0.05, 0) is 64.2 Å². The predicted molar refractivity (Wildman–Crippen MR) is 113 cm³/mol. The van der Waals surface area contributed by atoms with E-state index in [0.29, 0.717) is 18.0 Å². The Bertz CT molecular complexity index is 539. The van der Waals surface area contributed by atoms with Crippen molar-refractivity contribution < 1.29 is 9.53 Å². The fourth-order valence-electron chi connectivity index (χ4n) is 4.36. The maximum Gasteiger partial charge on any atom is 0.239 e. The number of alkyl halides is 1. The van der Waals surface area contributed by atoms with E-state index in [1.54, 1.807) is 5.57 Å². The van der Waals surface area contributed by atoms with Gasteiger partial charge in [-0.3, -0.25) is 10.1 Å². The number of carbonyl (C=O) groups excluding carboxylic acids is 1. The average molecular weight is 399 g/mol. The molecule has 1 amide bonds. The number of nitrogens with one attached hydrogen (secondary N) is 1. The fourth-order valence-corrected chi connectivity index (χ4v) is 4.55. The topological polar surface area (TPSA) is 41.6 Å². The Hall–Kier alpha value is -0.580. The minimum Gasteiger partial charge on any atom is -0.361 e. The van der Waals surface area contributed by atoms with E-state index in [0.717, 1.165) is 45.2 Å². The number of carbonyl (C=O) groups is 1. The zero-order valence-corrected chi connectivity index (χ0v) is 18.9. The van der Waals surface area contributed by atoms with Crippen LogP contribution >= 0.6 is 11.6 Å². The molecule has 1 heterocycles. The highest BCUT2D eigenvalue weighted by Gasteiger charge is 2.40. The third-order valence-corrected chi connectivity index (χ3v) is 6.31. The van der Waals surface area contributed by atoms with Gasteiger partial charge in [-0.15, -0.1) is 11.6 Å². The molecule has 0 aromatic carbocycles. The van der Waals surface area contributed by atoms with Crippen LogP contribution in [0.4, 0.5) is 0 Å². The first-order chi connectivity index (χ1) is 12.5. The van der Waals surface area contributed by atoms with Crippen LogP contribution in [0.3, 0.4) is 0 Å². The third-order valence-electron chi connectivity index (χ3n) is 5.91. The number of hydrogen-bond donors (Lipinski definition) is 1. The first-order valence-corrected chi connectivity index (χ1v) is 11.0. The largest absolute Gasteiger partial charge is 0.361 e. The van der Waals surface area contributed by atoms with E-state index in [1.807, 2.05) is 20.8 Å². The summed E-state index contributed by atoms with van der Waals surface area (Å²) in [5, 5.41) is 3.59. The first kappa shape index (κ1) is 22.7. The smallest absolute Gasteiger partial charge is 0.239 e. The standard InChI is InChI=1S/C22H39ClN2O2/c1-7-19(24-15-27-21(2,3)4)20(26)25-13-12-18(22(5,6)14-25)16-8-10-17(23)11-9-16/h8,17-19,24H,7,9-15H2,1-6H3/t17?,18?,19-/m1/s1. The van der Waals surface area contributed by atoms with Gasteiger partial charge < -0.3 is 9.64 Å². The van der Waals surface area contributed by atoms with Crippen molar-refractivity contribution >= 4 is 17.5 Å². The van der Waals surface area contributed by atoms with E-state index in [9.17, 15) is 4.79 Å². The molecule has 0 saturated carbocycles. The molecule has 0 bridgehead atoms. The van der Waals surface area contributed by atoms with Gasteiger partial charge >= 0.3 is 0 Å². The first-order valence-electron chi connectivity index (χ1n) is 10.5. The highest BCUT2D eigenvalue weighted by atomic mass is 35.5. The number of allylic oxidation sites excluding steroid dienone is 2. The molecule has 3 atom stereocenters. The predicted octanol–water partition coefficient (Wildman–Crippen LogP) is 4.72. The summed E-state index contributed by atoms with van der Waals surface area (Å²) in [5.74, 6) is 0.767. The molecular weight excluding hydrogens is 360 g/mol. The lowest BCUT2D eigenvalue weighted by atomic mass is 9.68. The van der Waals surface area contributed by atoms with Crippen molar-refractivity contribution in [2.24, 2.45) is 11.3 Å². The summed E-state index contributed by atoms with van der Waals surface area (Å²) in [4.78, 5) is 15.1. The summed E-state index contributed by atoms with van der Waals surface area (Å²) in [5.41, 5.74) is 1.46. The van der Waals surface area contributed by atoms with Crippen LogP contribution in [-0.2, 0) is 9.53 Å². The number of rotatable bonds is 6. The summed E-state index contributed by atoms with van der Waals surface area (Å²) in [6.07, 6.45) is 7.37. The molecule has 0 aromatic rings. The Balaban J connectivity index is 1.95. The molecule has 0 spiro atoms. The number of amides is 1. The van der Waals surface area contributed by atoms with Crippen LogP contribution in [0.1, 0.15) is 73.6 Å². The maximum atomic E-state index is 13.1. The summed E-state index contributed by atoms with van der Waals surface area (Å²) < 4.78 is 5.75. The van der Waals surface area contributed by atoms with Gasteiger partial charge in [0, 0.05) is 18.5 Å².